The van der Waals surface area contributed by atoms with Crippen molar-refractivity contribution in [2.24, 2.45) is 0 Å². The third-order valence-electron chi connectivity index (χ3n) is 1.98. The minimum atomic E-state index is 1.07. The van der Waals surface area contributed by atoms with Crippen molar-refractivity contribution in [3.05, 3.63) is 41.2 Å². The monoisotopic (exact) mass is 175 g/mol. The van der Waals surface area contributed by atoms with E-state index in [1.165, 1.54) is 17.0 Å². The molecule has 0 radical (unpaired) electrons. The third kappa shape index (κ3) is 2.62. The number of hydrogen-bond donors (Lipinski definition) is 1. The van der Waals surface area contributed by atoms with Gasteiger partial charge in [-0.05, 0) is 38.0 Å². The first kappa shape index (κ1) is 9.85. The van der Waals surface area contributed by atoms with Crippen molar-refractivity contribution in [2.75, 3.05) is 0 Å². The molecule has 1 aromatic heterocycles. The Kier molecular flexibility index (Phi) is 3.13. The van der Waals surface area contributed by atoms with Crippen molar-refractivity contribution in [1.82, 2.24) is 4.98 Å². The molecule has 0 amide bonds. The van der Waals surface area contributed by atoms with E-state index in [1.807, 2.05) is 13.0 Å². The van der Waals surface area contributed by atoms with E-state index in [0.29, 0.717) is 0 Å². The highest BCUT2D eigenvalue weighted by atomic mass is 14.7. The summed E-state index contributed by atoms with van der Waals surface area (Å²) in [6.07, 6.45) is 5.19. The van der Waals surface area contributed by atoms with Gasteiger partial charge >= 0.3 is 0 Å². The fraction of sp³-hybridized carbons (Fsp3) is 0.333. The zero-order chi connectivity index (χ0) is 9.84. The van der Waals surface area contributed by atoms with Gasteiger partial charge in [-0.2, -0.15) is 0 Å². The lowest BCUT2D eigenvalue weighted by Crippen LogP contribution is -1.80. The summed E-state index contributed by atoms with van der Waals surface area (Å²) in [5.41, 5.74) is 4.88. The van der Waals surface area contributed by atoms with Crippen LogP contribution in [0.5, 0.6) is 0 Å². The van der Waals surface area contributed by atoms with Gasteiger partial charge < -0.3 is 4.98 Å². The van der Waals surface area contributed by atoms with Crippen LogP contribution in [0.3, 0.4) is 0 Å². The number of hydrogen-bond acceptors (Lipinski definition) is 0. The molecule has 1 heterocycles. The summed E-state index contributed by atoms with van der Waals surface area (Å²) in [6.45, 7) is 10.1. The molecule has 0 bridgehead atoms. The molecule has 13 heavy (non-hydrogen) atoms. The second-order valence-electron chi connectivity index (χ2n) is 3.42. The molecule has 0 aliphatic carbocycles. The highest BCUT2D eigenvalue weighted by Gasteiger charge is 1.99. The Labute approximate surface area is 80.2 Å². The molecular formula is C12H17N. The number of aromatic amines is 1. The molecule has 1 nitrogen and oxygen atoms in total. The van der Waals surface area contributed by atoms with Gasteiger partial charge in [-0.15, -0.1) is 0 Å². The van der Waals surface area contributed by atoms with Gasteiger partial charge in [0, 0.05) is 11.4 Å². The van der Waals surface area contributed by atoms with E-state index in [-0.39, 0.29) is 0 Å². The molecule has 0 atom stereocenters. The van der Waals surface area contributed by atoms with Gasteiger partial charge in [-0.25, -0.2) is 0 Å². The van der Waals surface area contributed by atoms with E-state index in [4.69, 9.17) is 0 Å². The fourth-order valence-electron chi connectivity index (χ4n) is 1.33. The number of nitrogens with one attached hydrogen (secondary N) is 1. The van der Waals surface area contributed by atoms with Crippen molar-refractivity contribution in [3.8, 4) is 0 Å². The summed E-state index contributed by atoms with van der Waals surface area (Å²) in [5.74, 6) is 0. The fourth-order valence-corrected chi connectivity index (χ4v) is 1.33. The molecule has 1 N–H and O–H groups in total. The lowest BCUT2D eigenvalue weighted by atomic mass is 10.1. The maximum absolute atomic E-state index is 3.83. The Morgan fingerprint density at radius 1 is 1.62 bits per heavy atom. The molecule has 0 fully saturated rings. The van der Waals surface area contributed by atoms with Gasteiger partial charge in [0.25, 0.3) is 0 Å². The number of aryl methyl sites for hydroxylation is 2. The standard InChI is InChI=1S/C12H17N/c1-5-11-8-10(4)13-12(11)7-6-9(2)3/h6-8,13H,2,5H2,1,3-4H3/b7-6-. The predicted octanol–water partition coefficient (Wildman–Crippen LogP) is 3.47. The molecule has 1 aromatic rings. The average Bonchev–Trinajstić information content (AvgIpc) is 2.42. The van der Waals surface area contributed by atoms with Crippen LogP contribution >= 0.6 is 0 Å². The number of rotatable bonds is 3. The summed E-state index contributed by atoms with van der Waals surface area (Å²) in [7, 11) is 0. The Morgan fingerprint density at radius 2 is 2.31 bits per heavy atom. The summed E-state index contributed by atoms with van der Waals surface area (Å²) >= 11 is 0. The van der Waals surface area contributed by atoms with Crippen LogP contribution in [0.2, 0.25) is 0 Å². The summed E-state index contributed by atoms with van der Waals surface area (Å²) in [5, 5.41) is 0. The van der Waals surface area contributed by atoms with E-state index in [2.05, 4.69) is 37.6 Å². The van der Waals surface area contributed by atoms with Gasteiger partial charge in [-0.1, -0.05) is 25.2 Å². The zero-order valence-corrected chi connectivity index (χ0v) is 8.65. The first-order chi connectivity index (χ1) is 6.13. The largest absolute Gasteiger partial charge is 0.359 e. The molecule has 0 unspecified atom stereocenters. The van der Waals surface area contributed by atoms with Crippen LogP contribution in [-0.2, 0) is 6.42 Å². The van der Waals surface area contributed by atoms with Crippen LogP contribution in [0, 0.1) is 6.92 Å². The highest BCUT2D eigenvalue weighted by Crippen LogP contribution is 2.13. The quantitative estimate of drug-likeness (QED) is 0.677. The second-order valence-corrected chi connectivity index (χ2v) is 3.42. The number of H-pyrrole nitrogens is 1. The topological polar surface area (TPSA) is 15.8 Å². The summed E-state index contributed by atoms with van der Waals surface area (Å²) in [4.78, 5) is 3.32. The van der Waals surface area contributed by atoms with Crippen molar-refractivity contribution in [3.63, 3.8) is 0 Å². The van der Waals surface area contributed by atoms with Crippen molar-refractivity contribution < 1.29 is 0 Å². The molecule has 0 aliphatic rings. The van der Waals surface area contributed by atoms with Gasteiger partial charge in [0.2, 0.25) is 0 Å². The van der Waals surface area contributed by atoms with Crippen molar-refractivity contribution in [1.29, 1.82) is 0 Å². The molecule has 1 heteroatoms. The second kappa shape index (κ2) is 4.13. The molecule has 0 saturated carbocycles. The Hall–Kier alpha value is -1.24. The molecule has 0 spiro atoms. The van der Waals surface area contributed by atoms with Gasteiger partial charge in [-0.3, -0.25) is 0 Å². The van der Waals surface area contributed by atoms with E-state index in [0.717, 1.165) is 12.0 Å². The molecule has 0 aliphatic heterocycles. The Bertz CT molecular complexity index is 329. The van der Waals surface area contributed by atoms with Crippen LogP contribution in [-0.4, -0.2) is 4.98 Å². The van der Waals surface area contributed by atoms with Crippen LogP contribution < -0.4 is 0 Å². The minimum Gasteiger partial charge on any atom is -0.359 e. The van der Waals surface area contributed by atoms with Crippen molar-refractivity contribution >= 4 is 6.08 Å². The zero-order valence-electron chi connectivity index (χ0n) is 8.65. The molecule has 0 saturated heterocycles. The molecule has 70 valence electrons. The van der Waals surface area contributed by atoms with Crippen LogP contribution in [0.1, 0.15) is 30.8 Å². The highest BCUT2D eigenvalue weighted by molar-refractivity contribution is 5.53. The summed E-state index contributed by atoms with van der Waals surface area (Å²) in [6, 6.07) is 2.19. The predicted molar refractivity (Wildman–Crippen MR) is 58.8 cm³/mol. The van der Waals surface area contributed by atoms with Gasteiger partial charge in [0.1, 0.15) is 0 Å². The van der Waals surface area contributed by atoms with E-state index < -0.39 is 0 Å². The van der Waals surface area contributed by atoms with Crippen molar-refractivity contribution in [2.45, 2.75) is 27.2 Å². The first-order valence-electron chi connectivity index (χ1n) is 4.65. The molecule has 1 rings (SSSR count). The van der Waals surface area contributed by atoms with E-state index >= 15 is 0 Å². The first-order valence-corrected chi connectivity index (χ1v) is 4.65. The van der Waals surface area contributed by atoms with Gasteiger partial charge in [0.15, 0.2) is 0 Å². The Morgan fingerprint density at radius 3 is 2.85 bits per heavy atom. The lowest BCUT2D eigenvalue weighted by Gasteiger charge is -1.93. The molecular weight excluding hydrogens is 158 g/mol. The lowest BCUT2D eigenvalue weighted by molar-refractivity contribution is 1.13. The summed E-state index contributed by atoms with van der Waals surface area (Å²) < 4.78 is 0. The Balaban J connectivity index is 2.92. The maximum Gasteiger partial charge on any atom is 0.0414 e. The van der Waals surface area contributed by atoms with Crippen LogP contribution in [0.4, 0.5) is 0 Å². The SMILES string of the molecule is C=C(C)/C=C\c1[nH]c(C)cc1CC. The maximum atomic E-state index is 3.83. The number of allylic oxidation sites excluding steroid dienone is 2. The third-order valence-corrected chi connectivity index (χ3v) is 1.98. The van der Waals surface area contributed by atoms with Crippen LogP contribution in [0.15, 0.2) is 24.3 Å². The van der Waals surface area contributed by atoms with E-state index in [1.54, 1.807) is 0 Å². The minimum absolute atomic E-state index is 1.07. The molecule has 0 aromatic carbocycles. The normalized spacial score (nSPS) is 11.0. The number of aromatic nitrogens is 1. The van der Waals surface area contributed by atoms with Gasteiger partial charge in [0.05, 0.1) is 0 Å². The average molecular weight is 175 g/mol. The van der Waals surface area contributed by atoms with Crippen LogP contribution in [0.25, 0.3) is 6.08 Å². The van der Waals surface area contributed by atoms with E-state index in [9.17, 15) is 0 Å². The smallest absolute Gasteiger partial charge is 0.0414 e.